The molecular formula is C30H54O2. The number of hydrogen-bond donors (Lipinski definition) is 0. The largest absolute Gasteiger partial charge is 0.349 e. The second kappa shape index (κ2) is 19.4. The van der Waals surface area contributed by atoms with E-state index in [1.807, 2.05) is 0 Å². The van der Waals surface area contributed by atoms with E-state index in [0.717, 1.165) is 51.7 Å². The molecule has 0 aromatic rings. The summed E-state index contributed by atoms with van der Waals surface area (Å²) in [6, 6.07) is 0. The number of hydrogen-bond acceptors (Lipinski definition) is 2. The predicted octanol–water partition coefficient (Wildman–Crippen LogP) is 9.58. The monoisotopic (exact) mass is 446 g/mol. The van der Waals surface area contributed by atoms with Crippen molar-refractivity contribution in [3.8, 4) is 0 Å². The summed E-state index contributed by atoms with van der Waals surface area (Å²) in [5.41, 5.74) is 5.54. The fraction of sp³-hybridized carbons (Fsp3) is 0.733. The van der Waals surface area contributed by atoms with Gasteiger partial charge in [-0.3, -0.25) is 0 Å². The molecule has 2 nitrogen and oxygen atoms in total. The third-order valence-electron chi connectivity index (χ3n) is 5.72. The summed E-state index contributed by atoms with van der Waals surface area (Å²) in [4.78, 5) is 0. The van der Waals surface area contributed by atoms with Crippen molar-refractivity contribution in [3.63, 3.8) is 0 Å². The number of allylic oxidation sites excluding steroid dienone is 7. The molecule has 0 rings (SSSR count). The molecular weight excluding hydrogens is 392 g/mol. The van der Waals surface area contributed by atoms with Gasteiger partial charge in [-0.25, -0.2) is 0 Å². The van der Waals surface area contributed by atoms with E-state index in [9.17, 15) is 0 Å². The van der Waals surface area contributed by atoms with Crippen LogP contribution >= 0.6 is 0 Å². The molecule has 0 aliphatic rings. The summed E-state index contributed by atoms with van der Waals surface area (Å²) >= 11 is 0. The zero-order chi connectivity index (χ0) is 24.4. The zero-order valence-corrected chi connectivity index (χ0v) is 22.9. The van der Waals surface area contributed by atoms with Gasteiger partial charge in [0, 0.05) is 0 Å². The molecule has 0 amide bonds. The Morgan fingerprint density at radius 3 is 1.41 bits per heavy atom. The molecule has 0 saturated heterocycles. The molecule has 0 fully saturated rings. The fourth-order valence-corrected chi connectivity index (χ4v) is 3.42. The van der Waals surface area contributed by atoms with Crippen molar-refractivity contribution in [3.05, 3.63) is 46.6 Å². The van der Waals surface area contributed by atoms with E-state index in [2.05, 4.69) is 86.6 Å². The molecule has 0 aliphatic carbocycles. The minimum atomic E-state index is -0.225. The van der Waals surface area contributed by atoms with Gasteiger partial charge in [-0.15, -0.1) is 0 Å². The Kier molecular flexibility index (Phi) is 18.7. The van der Waals surface area contributed by atoms with Gasteiger partial charge in [-0.2, -0.15) is 0 Å². The van der Waals surface area contributed by atoms with Crippen molar-refractivity contribution in [2.45, 2.75) is 120 Å². The highest BCUT2D eigenvalue weighted by Gasteiger charge is 2.10. The first-order chi connectivity index (χ1) is 15.1. The molecule has 2 heteroatoms. The highest BCUT2D eigenvalue weighted by molar-refractivity contribution is 5.03. The highest BCUT2D eigenvalue weighted by atomic mass is 16.7. The van der Waals surface area contributed by atoms with Crippen molar-refractivity contribution in [1.82, 2.24) is 0 Å². The molecule has 0 N–H and O–H groups in total. The normalized spacial score (nSPS) is 13.6. The van der Waals surface area contributed by atoms with Crippen molar-refractivity contribution >= 4 is 0 Å². The predicted molar refractivity (Wildman–Crippen MR) is 143 cm³/mol. The third-order valence-corrected chi connectivity index (χ3v) is 5.72. The molecule has 0 radical (unpaired) electrons. The van der Waals surface area contributed by atoms with Crippen molar-refractivity contribution in [2.24, 2.45) is 11.8 Å². The highest BCUT2D eigenvalue weighted by Crippen LogP contribution is 2.16. The minimum absolute atomic E-state index is 0.225. The Balaban J connectivity index is 4.60. The van der Waals surface area contributed by atoms with Gasteiger partial charge in [-0.05, 0) is 118 Å². The van der Waals surface area contributed by atoms with Gasteiger partial charge in [-0.1, -0.05) is 54.4 Å². The lowest BCUT2D eigenvalue weighted by Gasteiger charge is -2.19. The first-order valence-electron chi connectivity index (χ1n) is 12.9. The smallest absolute Gasteiger partial charge is 0.177 e. The second-order valence-corrected chi connectivity index (χ2v) is 10.4. The van der Waals surface area contributed by atoms with Crippen molar-refractivity contribution in [2.75, 3.05) is 13.2 Å². The van der Waals surface area contributed by atoms with Crippen LogP contribution in [0, 0.1) is 11.8 Å². The molecule has 2 atom stereocenters. The first-order valence-corrected chi connectivity index (χ1v) is 12.9. The van der Waals surface area contributed by atoms with Gasteiger partial charge in [0.05, 0.1) is 13.2 Å². The average molecular weight is 447 g/mol. The van der Waals surface area contributed by atoms with Crippen LogP contribution in [0.4, 0.5) is 0 Å². The first kappa shape index (κ1) is 30.9. The van der Waals surface area contributed by atoms with E-state index in [0.29, 0.717) is 11.8 Å². The van der Waals surface area contributed by atoms with Crippen LogP contribution in [0.5, 0.6) is 0 Å². The van der Waals surface area contributed by atoms with Gasteiger partial charge >= 0.3 is 0 Å². The van der Waals surface area contributed by atoms with Gasteiger partial charge in [0.15, 0.2) is 6.29 Å². The Hall–Kier alpha value is -1.12. The van der Waals surface area contributed by atoms with E-state index in [-0.39, 0.29) is 6.29 Å². The van der Waals surface area contributed by atoms with Gasteiger partial charge in [0.1, 0.15) is 0 Å². The van der Waals surface area contributed by atoms with Crippen LogP contribution in [0.15, 0.2) is 46.6 Å². The summed E-state index contributed by atoms with van der Waals surface area (Å²) in [5.74, 6) is 1.34. The van der Waals surface area contributed by atoms with Crippen molar-refractivity contribution in [1.29, 1.82) is 0 Å². The van der Waals surface area contributed by atoms with Crippen LogP contribution in [0.25, 0.3) is 0 Å². The number of ether oxygens (including phenoxy) is 2. The Labute approximate surface area is 201 Å². The molecule has 0 saturated carbocycles. The molecule has 32 heavy (non-hydrogen) atoms. The van der Waals surface area contributed by atoms with Crippen LogP contribution < -0.4 is 0 Å². The Bertz CT molecular complexity index is 548. The molecule has 0 aliphatic heterocycles. The lowest BCUT2D eigenvalue weighted by molar-refractivity contribution is -0.116. The van der Waals surface area contributed by atoms with Gasteiger partial charge in [0.25, 0.3) is 0 Å². The molecule has 0 unspecified atom stereocenters. The summed E-state index contributed by atoms with van der Waals surface area (Å²) in [7, 11) is 0. The summed E-state index contributed by atoms with van der Waals surface area (Å²) in [6.07, 6.45) is 18.0. The second-order valence-electron chi connectivity index (χ2n) is 10.4. The van der Waals surface area contributed by atoms with Crippen molar-refractivity contribution < 1.29 is 9.47 Å². The molecule has 0 bridgehead atoms. The Morgan fingerprint density at radius 2 is 1.00 bits per heavy atom. The maximum absolute atomic E-state index is 6.19. The lowest BCUT2D eigenvalue weighted by atomic mass is 10.0. The zero-order valence-electron chi connectivity index (χ0n) is 22.9. The van der Waals surface area contributed by atoms with E-state index in [4.69, 9.17) is 9.47 Å². The van der Waals surface area contributed by atoms with Gasteiger partial charge in [0.2, 0.25) is 0 Å². The fourth-order valence-electron chi connectivity index (χ4n) is 3.42. The summed E-state index contributed by atoms with van der Waals surface area (Å²) in [5, 5.41) is 0. The third kappa shape index (κ3) is 20.8. The van der Waals surface area contributed by atoms with Crippen LogP contribution in [-0.4, -0.2) is 19.5 Å². The number of rotatable bonds is 18. The molecule has 0 heterocycles. The summed E-state index contributed by atoms with van der Waals surface area (Å²) in [6.45, 7) is 21.4. The Morgan fingerprint density at radius 1 is 0.594 bits per heavy atom. The minimum Gasteiger partial charge on any atom is -0.349 e. The lowest BCUT2D eigenvalue weighted by Crippen LogP contribution is -2.19. The van der Waals surface area contributed by atoms with Crippen LogP contribution in [0.3, 0.4) is 0 Å². The van der Waals surface area contributed by atoms with Crippen LogP contribution in [-0.2, 0) is 9.47 Å². The molecule has 186 valence electrons. The van der Waals surface area contributed by atoms with E-state index < -0.39 is 0 Å². The maximum atomic E-state index is 6.19. The van der Waals surface area contributed by atoms with E-state index in [1.54, 1.807) is 0 Å². The van der Waals surface area contributed by atoms with Crippen LogP contribution in [0.2, 0.25) is 0 Å². The maximum Gasteiger partial charge on any atom is 0.177 e. The standard InChI is InChI=1S/C30H54O2/c1-24(2)13-10-16-27(7)19-21-31-30(23-29(9)18-12-15-26(5)6)32-22-20-28(8)17-11-14-25(3)4/h13-15,23,27-28,30H,10-12,16-22H2,1-9H3/b29-23-/t27-,28-/m0/s1. The molecule has 0 aromatic heterocycles. The summed E-state index contributed by atoms with van der Waals surface area (Å²) < 4.78 is 12.4. The van der Waals surface area contributed by atoms with E-state index >= 15 is 0 Å². The van der Waals surface area contributed by atoms with E-state index in [1.165, 1.54) is 35.1 Å². The van der Waals surface area contributed by atoms with Crippen LogP contribution in [0.1, 0.15) is 114 Å². The SMILES string of the molecule is CC(C)=CCC/C(C)=C\C(OCC[C@@H](C)CCC=C(C)C)OCC[C@@H](C)CCC=C(C)C. The van der Waals surface area contributed by atoms with Gasteiger partial charge < -0.3 is 9.47 Å². The quantitative estimate of drug-likeness (QED) is 0.154. The topological polar surface area (TPSA) is 18.5 Å². The molecule has 0 spiro atoms. The average Bonchev–Trinajstić information content (AvgIpc) is 2.66. The molecule has 0 aromatic carbocycles.